The van der Waals surface area contributed by atoms with Gasteiger partial charge in [-0.05, 0) is 97.3 Å². The summed E-state index contributed by atoms with van der Waals surface area (Å²) in [4.78, 5) is 44.1. The SMILES string of the molecule is CC(Sc1cccc(NC(=O)/C(=C\c2ccc(N(C)C)cc2)NC(=O)c2ccccc2)c1)C(=O)Nc1sc2c(c1C#N)CCC(c1ccccc1)C2. The van der Waals surface area contributed by atoms with Gasteiger partial charge in [-0.3, -0.25) is 14.4 Å². The van der Waals surface area contributed by atoms with Crippen LogP contribution in [0.15, 0.2) is 120 Å². The number of nitriles is 1. The van der Waals surface area contributed by atoms with E-state index in [2.05, 4.69) is 46.3 Å². The molecule has 1 aromatic heterocycles. The Hall–Kier alpha value is -5.63. The minimum Gasteiger partial charge on any atom is -0.378 e. The Bertz CT molecular complexity index is 2140. The van der Waals surface area contributed by atoms with Crippen LogP contribution in [0, 0.1) is 11.3 Å². The molecular formula is C42H39N5O3S2. The molecule has 0 saturated carbocycles. The van der Waals surface area contributed by atoms with E-state index in [1.165, 1.54) is 28.7 Å². The number of rotatable bonds is 11. The van der Waals surface area contributed by atoms with Crippen LogP contribution < -0.4 is 20.9 Å². The van der Waals surface area contributed by atoms with Gasteiger partial charge in [-0.2, -0.15) is 5.26 Å². The van der Waals surface area contributed by atoms with E-state index in [0.29, 0.717) is 27.7 Å². The zero-order valence-electron chi connectivity index (χ0n) is 29.2. The van der Waals surface area contributed by atoms with E-state index in [0.717, 1.165) is 45.8 Å². The number of nitrogens with zero attached hydrogens (tertiary/aromatic N) is 2. The van der Waals surface area contributed by atoms with Crippen molar-refractivity contribution in [3.05, 3.63) is 148 Å². The molecule has 5 aromatic rings. The number of thiophene rings is 1. The lowest BCUT2D eigenvalue weighted by atomic mass is 9.83. The molecule has 2 atom stereocenters. The van der Waals surface area contributed by atoms with Crippen molar-refractivity contribution in [2.24, 2.45) is 0 Å². The highest BCUT2D eigenvalue weighted by Gasteiger charge is 2.28. The van der Waals surface area contributed by atoms with E-state index >= 15 is 0 Å². The number of carbonyl (C=O) groups excluding carboxylic acids is 3. The molecule has 0 fully saturated rings. The third kappa shape index (κ3) is 8.80. The third-order valence-corrected chi connectivity index (χ3v) is 11.2. The first kappa shape index (κ1) is 36.2. The summed E-state index contributed by atoms with van der Waals surface area (Å²) in [6.07, 6.45) is 4.27. The summed E-state index contributed by atoms with van der Waals surface area (Å²) in [5.41, 5.74) is 5.69. The fraction of sp³-hybridized carbons (Fsp3) is 0.190. The lowest BCUT2D eigenvalue weighted by Crippen LogP contribution is -2.30. The van der Waals surface area contributed by atoms with Gasteiger partial charge in [0.25, 0.3) is 11.8 Å². The standard InChI is InChI=1S/C42H39N5O3S2/c1-27(39(48)46-42-36(26-43)35-22-19-31(24-38(35)52-42)29-11-6-4-7-12-29)51-34-16-10-15-32(25-34)44-41(50)37(45-40(49)30-13-8-5-9-14-30)23-28-17-20-33(21-18-28)47(2)3/h4-18,20-21,23,25,27,31H,19,22,24H2,1-3H3,(H,44,50)(H,45,49)(H,46,48)/b37-23+. The quantitative estimate of drug-likeness (QED) is 0.0930. The maximum absolute atomic E-state index is 13.7. The fourth-order valence-electron chi connectivity index (χ4n) is 6.10. The van der Waals surface area contributed by atoms with Gasteiger partial charge < -0.3 is 20.9 Å². The van der Waals surface area contributed by atoms with Crippen molar-refractivity contribution in [1.82, 2.24) is 5.32 Å². The van der Waals surface area contributed by atoms with Crippen molar-refractivity contribution in [1.29, 1.82) is 5.26 Å². The van der Waals surface area contributed by atoms with E-state index in [9.17, 15) is 19.6 Å². The summed E-state index contributed by atoms with van der Waals surface area (Å²) in [5.74, 6) is -0.707. The van der Waals surface area contributed by atoms with Crippen molar-refractivity contribution in [2.75, 3.05) is 29.6 Å². The average Bonchev–Trinajstić information content (AvgIpc) is 3.51. The molecule has 4 aromatic carbocycles. The van der Waals surface area contributed by atoms with Crippen LogP contribution in [0.1, 0.15) is 56.8 Å². The molecular weight excluding hydrogens is 687 g/mol. The van der Waals surface area contributed by atoms with Crippen LogP contribution in [-0.4, -0.2) is 37.1 Å². The largest absolute Gasteiger partial charge is 0.378 e. The molecule has 3 N–H and O–H groups in total. The molecule has 0 saturated heterocycles. The second-order valence-corrected chi connectivity index (χ2v) is 15.3. The molecule has 10 heteroatoms. The number of fused-ring (bicyclic) bond motifs is 1. The number of nitrogens with one attached hydrogen (secondary N) is 3. The number of thioether (sulfide) groups is 1. The second-order valence-electron chi connectivity index (χ2n) is 12.8. The Balaban J connectivity index is 1.13. The van der Waals surface area contributed by atoms with E-state index < -0.39 is 17.1 Å². The van der Waals surface area contributed by atoms with Crippen LogP contribution >= 0.6 is 23.1 Å². The van der Waals surface area contributed by atoms with E-state index in [-0.39, 0.29) is 11.6 Å². The van der Waals surface area contributed by atoms with Crippen LogP contribution in [0.2, 0.25) is 0 Å². The van der Waals surface area contributed by atoms with Crippen LogP contribution in [0.25, 0.3) is 6.08 Å². The van der Waals surface area contributed by atoms with Crippen LogP contribution in [0.3, 0.4) is 0 Å². The lowest BCUT2D eigenvalue weighted by molar-refractivity contribution is -0.115. The van der Waals surface area contributed by atoms with E-state index in [1.807, 2.05) is 68.4 Å². The Labute approximate surface area is 312 Å². The predicted molar refractivity (Wildman–Crippen MR) is 212 cm³/mol. The van der Waals surface area contributed by atoms with Gasteiger partial charge in [-0.1, -0.05) is 66.7 Å². The van der Waals surface area contributed by atoms with Gasteiger partial charge in [0.15, 0.2) is 0 Å². The zero-order chi connectivity index (χ0) is 36.6. The normalized spacial score (nSPS) is 14.3. The van der Waals surface area contributed by atoms with Gasteiger partial charge >= 0.3 is 0 Å². The zero-order valence-corrected chi connectivity index (χ0v) is 30.8. The van der Waals surface area contributed by atoms with Gasteiger partial charge in [0.2, 0.25) is 5.91 Å². The maximum Gasteiger partial charge on any atom is 0.272 e. The number of carbonyl (C=O) groups is 3. The van der Waals surface area contributed by atoms with Crippen LogP contribution in [0.4, 0.5) is 16.4 Å². The lowest BCUT2D eigenvalue weighted by Gasteiger charge is -2.22. The monoisotopic (exact) mass is 725 g/mol. The number of anilines is 3. The number of amides is 3. The molecule has 1 aliphatic rings. The topological polar surface area (TPSA) is 114 Å². The van der Waals surface area contributed by atoms with E-state index in [4.69, 9.17) is 0 Å². The first-order valence-electron chi connectivity index (χ1n) is 17.0. The van der Waals surface area contributed by atoms with Crippen molar-refractivity contribution >= 4 is 63.3 Å². The van der Waals surface area contributed by atoms with Gasteiger partial charge in [-0.25, -0.2) is 0 Å². The summed E-state index contributed by atoms with van der Waals surface area (Å²) in [6.45, 7) is 1.82. The highest BCUT2D eigenvalue weighted by molar-refractivity contribution is 8.00. The molecule has 0 aliphatic heterocycles. The highest BCUT2D eigenvalue weighted by Crippen LogP contribution is 2.42. The summed E-state index contributed by atoms with van der Waals surface area (Å²) in [5, 5.41) is 18.9. The minimum absolute atomic E-state index is 0.0827. The van der Waals surface area contributed by atoms with Crippen molar-refractivity contribution in [3.63, 3.8) is 0 Å². The maximum atomic E-state index is 13.7. The Morgan fingerprint density at radius 3 is 2.33 bits per heavy atom. The molecule has 52 heavy (non-hydrogen) atoms. The molecule has 0 bridgehead atoms. The van der Waals surface area contributed by atoms with E-state index in [1.54, 1.807) is 48.5 Å². The highest BCUT2D eigenvalue weighted by atomic mass is 32.2. The van der Waals surface area contributed by atoms with Crippen LogP contribution in [-0.2, 0) is 22.4 Å². The first-order valence-corrected chi connectivity index (χ1v) is 18.7. The molecule has 6 rings (SSSR count). The Morgan fingerprint density at radius 2 is 1.63 bits per heavy atom. The first-order chi connectivity index (χ1) is 25.2. The molecule has 1 aliphatic carbocycles. The number of hydrogen-bond donors (Lipinski definition) is 3. The smallest absolute Gasteiger partial charge is 0.272 e. The van der Waals surface area contributed by atoms with Gasteiger partial charge in [-0.15, -0.1) is 23.1 Å². The minimum atomic E-state index is -0.492. The third-order valence-electron chi connectivity index (χ3n) is 8.91. The number of hydrogen-bond acceptors (Lipinski definition) is 7. The van der Waals surface area contributed by atoms with Crippen LogP contribution in [0.5, 0.6) is 0 Å². The second kappa shape index (κ2) is 16.6. The summed E-state index contributed by atoms with van der Waals surface area (Å²) in [6, 6.07) is 36.4. The van der Waals surface area contributed by atoms with Crippen molar-refractivity contribution in [2.45, 2.75) is 42.2 Å². The fourth-order valence-corrected chi connectivity index (χ4v) is 8.30. The van der Waals surface area contributed by atoms with Gasteiger partial charge in [0, 0.05) is 40.8 Å². The number of benzene rings is 4. The Kier molecular flexibility index (Phi) is 11.5. The average molecular weight is 726 g/mol. The predicted octanol–water partition coefficient (Wildman–Crippen LogP) is 8.49. The molecule has 3 amide bonds. The summed E-state index contributed by atoms with van der Waals surface area (Å²) in [7, 11) is 3.90. The van der Waals surface area contributed by atoms with Gasteiger partial charge in [0.1, 0.15) is 16.8 Å². The molecule has 0 spiro atoms. The van der Waals surface area contributed by atoms with Crippen molar-refractivity contribution in [3.8, 4) is 6.07 Å². The molecule has 262 valence electrons. The summed E-state index contributed by atoms with van der Waals surface area (Å²) < 4.78 is 0. The molecule has 2 unspecified atom stereocenters. The molecule has 8 nitrogen and oxygen atoms in total. The van der Waals surface area contributed by atoms with Crippen molar-refractivity contribution < 1.29 is 14.4 Å². The molecule has 0 radical (unpaired) electrons. The molecule has 1 heterocycles. The Morgan fingerprint density at radius 1 is 0.923 bits per heavy atom. The van der Waals surface area contributed by atoms with Gasteiger partial charge in [0.05, 0.1) is 10.8 Å². The summed E-state index contributed by atoms with van der Waals surface area (Å²) >= 11 is 2.86.